The van der Waals surface area contributed by atoms with Crippen molar-refractivity contribution in [3.63, 3.8) is 0 Å². The molecule has 0 aliphatic rings. The number of nitrogens with two attached hydrogens (primary N) is 1. The van der Waals surface area contributed by atoms with Crippen LogP contribution in [0, 0.1) is 0 Å². The van der Waals surface area contributed by atoms with Crippen LogP contribution in [-0.2, 0) is 9.53 Å². The molecule has 0 aliphatic heterocycles. The second-order valence-electron chi connectivity index (χ2n) is 3.39. The van der Waals surface area contributed by atoms with Crippen LogP contribution in [0.15, 0.2) is 27.6 Å². The Hall–Kier alpha value is -0.680. The molecule has 1 unspecified atom stereocenters. The van der Waals surface area contributed by atoms with Crippen molar-refractivity contribution in [2.45, 2.75) is 23.5 Å². The fourth-order valence-corrected chi connectivity index (χ4v) is 2.75. The SMILES string of the molecule is COC(=O)CC(C)Sc1cc(Br)ccc1N. The summed E-state index contributed by atoms with van der Waals surface area (Å²) in [6.07, 6.45) is 0.382. The number of rotatable bonds is 4. The second-order valence-corrected chi connectivity index (χ2v) is 5.79. The fraction of sp³-hybridized carbons (Fsp3) is 0.364. The van der Waals surface area contributed by atoms with Gasteiger partial charge in [0.25, 0.3) is 0 Å². The van der Waals surface area contributed by atoms with Crippen LogP contribution in [0.3, 0.4) is 0 Å². The molecule has 0 aromatic heterocycles. The van der Waals surface area contributed by atoms with E-state index in [4.69, 9.17) is 5.73 Å². The molecule has 5 heteroatoms. The number of carbonyl (C=O) groups is 1. The number of methoxy groups -OCH3 is 1. The monoisotopic (exact) mass is 303 g/mol. The molecule has 3 nitrogen and oxygen atoms in total. The molecule has 1 atom stereocenters. The van der Waals surface area contributed by atoms with Gasteiger partial charge < -0.3 is 10.5 Å². The third-order valence-electron chi connectivity index (χ3n) is 1.99. The number of thioether (sulfide) groups is 1. The highest BCUT2D eigenvalue weighted by molar-refractivity contribution is 9.10. The lowest BCUT2D eigenvalue weighted by Crippen LogP contribution is -2.08. The highest BCUT2D eigenvalue weighted by atomic mass is 79.9. The first-order chi connectivity index (χ1) is 7.52. The molecule has 88 valence electrons. The quantitative estimate of drug-likeness (QED) is 0.527. The number of nitrogen functional groups attached to an aromatic ring is 1. The van der Waals surface area contributed by atoms with E-state index in [-0.39, 0.29) is 11.2 Å². The van der Waals surface area contributed by atoms with Crippen molar-refractivity contribution in [3.05, 3.63) is 22.7 Å². The van der Waals surface area contributed by atoms with E-state index in [2.05, 4.69) is 20.7 Å². The summed E-state index contributed by atoms with van der Waals surface area (Å²) >= 11 is 4.96. The van der Waals surface area contributed by atoms with Crippen LogP contribution < -0.4 is 5.73 Å². The van der Waals surface area contributed by atoms with Crippen molar-refractivity contribution in [3.8, 4) is 0 Å². The van der Waals surface area contributed by atoms with Crippen molar-refractivity contribution >= 4 is 39.3 Å². The van der Waals surface area contributed by atoms with Crippen molar-refractivity contribution < 1.29 is 9.53 Å². The second kappa shape index (κ2) is 6.15. The predicted molar refractivity (Wildman–Crippen MR) is 70.5 cm³/mol. The Bertz CT molecular complexity index is 384. The molecule has 1 aromatic rings. The van der Waals surface area contributed by atoms with E-state index < -0.39 is 0 Å². The lowest BCUT2D eigenvalue weighted by molar-refractivity contribution is -0.140. The lowest BCUT2D eigenvalue weighted by atomic mass is 10.3. The number of esters is 1. The first-order valence-electron chi connectivity index (χ1n) is 4.81. The third-order valence-corrected chi connectivity index (χ3v) is 3.66. The first kappa shape index (κ1) is 13.4. The topological polar surface area (TPSA) is 52.3 Å². The first-order valence-corrected chi connectivity index (χ1v) is 6.48. The van der Waals surface area contributed by atoms with Gasteiger partial charge in [0, 0.05) is 20.3 Å². The summed E-state index contributed by atoms with van der Waals surface area (Å²) in [5, 5.41) is 0.143. The van der Waals surface area contributed by atoms with Gasteiger partial charge in [-0.05, 0) is 18.2 Å². The molecule has 16 heavy (non-hydrogen) atoms. The van der Waals surface area contributed by atoms with Crippen LogP contribution in [0.25, 0.3) is 0 Å². The Morgan fingerprint density at radius 1 is 1.62 bits per heavy atom. The molecule has 0 amide bonds. The molecule has 0 heterocycles. The number of hydrogen-bond donors (Lipinski definition) is 1. The summed E-state index contributed by atoms with van der Waals surface area (Å²) in [5.41, 5.74) is 6.57. The molecule has 0 saturated carbocycles. The summed E-state index contributed by atoms with van der Waals surface area (Å²) < 4.78 is 5.60. The minimum absolute atomic E-state index is 0.143. The molecular formula is C11H14BrNO2S. The van der Waals surface area contributed by atoms with Gasteiger partial charge in [-0.25, -0.2) is 0 Å². The van der Waals surface area contributed by atoms with Gasteiger partial charge in [-0.1, -0.05) is 22.9 Å². The summed E-state index contributed by atoms with van der Waals surface area (Å²) in [7, 11) is 1.40. The Morgan fingerprint density at radius 2 is 2.31 bits per heavy atom. The molecule has 1 rings (SSSR count). The zero-order valence-corrected chi connectivity index (χ0v) is 11.6. The van der Waals surface area contributed by atoms with Gasteiger partial charge in [-0.2, -0.15) is 0 Å². The Morgan fingerprint density at radius 3 is 2.94 bits per heavy atom. The van der Waals surface area contributed by atoms with Gasteiger partial charge >= 0.3 is 5.97 Å². The number of halogens is 1. The third kappa shape index (κ3) is 4.06. The van der Waals surface area contributed by atoms with Gasteiger partial charge in [-0.15, -0.1) is 11.8 Å². The molecule has 2 N–H and O–H groups in total. The highest BCUT2D eigenvalue weighted by Gasteiger charge is 2.12. The van der Waals surface area contributed by atoms with Crippen LogP contribution >= 0.6 is 27.7 Å². The number of anilines is 1. The molecular weight excluding hydrogens is 290 g/mol. The Labute approximate surface area is 108 Å². The molecule has 0 spiro atoms. The van der Waals surface area contributed by atoms with E-state index >= 15 is 0 Å². The van der Waals surface area contributed by atoms with Crippen molar-refractivity contribution in [2.75, 3.05) is 12.8 Å². The summed E-state index contributed by atoms with van der Waals surface area (Å²) in [5.74, 6) is -0.200. The number of benzene rings is 1. The van der Waals surface area contributed by atoms with Crippen LogP contribution in [0.1, 0.15) is 13.3 Å². The van der Waals surface area contributed by atoms with Crippen LogP contribution in [0.5, 0.6) is 0 Å². The largest absolute Gasteiger partial charge is 0.469 e. The van der Waals surface area contributed by atoms with Gasteiger partial charge in [0.15, 0.2) is 0 Å². The summed E-state index contributed by atoms with van der Waals surface area (Å²) in [6, 6.07) is 5.69. The van der Waals surface area contributed by atoms with Crippen molar-refractivity contribution in [2.24, 2.45) is 0 Å². The predicted octanol–water partition coefficient (Wildman–Crippen LogP) is 3.08. The van der Waals surface area contributed by atoms with E-state index in [0.29, 0.717) is 6.42 Å². The average molecular weight is 304 g/mol. The smallest absolute Gasteiger partial charge is 0.306 e. The minimum Gasteiger partial charge on any atom is -0.469 e. The van der Waals surface area contributed by atoms with E-state index in [9.17, 15) is 4.79 Å². The molecule has 0 fully saturated rings. The fourth-order valence-electron chi connectivity index (χ4n) is 1.19. The Balaban J connectivity index is 2.65. The Kier molecular flexibility index (Phi) is 5.15. The average Bonchev–Trinajstić information content (AvgIpc) is 2.23. The minimum atomic E-state index is -0.200. The molecule has 0 aliphatic carbocycles. The molecule has 0 bridgehead atoms. The van der Waals surface area contributed by atoms with Crippen LogP contribution in [-0.4, -0.2) is 18.3 Å². The number of hydrogen-bond acceptors (Lipinski definition) is 4. The summed E-state index contributed by atoms with van der Waals surface area (Å²) in [4.78, 5) is 12.1. The maximum atomic E-state index is 11.1. The van der Waals surface area contributed by atoms with E-state index in [0.717, 1.165) is 15.1 Å². The maximum Gasteiger partial charge on any atom is 0.306 e. The summed E-state index contributed by atoms with van der Waals surface area (Å²) in [6.45, 7) is 1.97. The normalized spacial score (nSPS) is 12.2. The number of ether oxygens (including phenoxy) is 1. The zero-order chi connectivity index (χ0) is 12.1. The lowest BCUT2D eigenvalue weighted by Gasteiger charge is -2.11. The van der Waals surface area contributed by atoms with Gasteiger partial charge in [0.1, 0.15) is 0 Å². The molecule has 0 radical (unpaired) electrons. The number of carbonyl (C=O) groups excluding carboxylic acids is 1. The zero-order valence-electron chi connectivity index (χ0n) is 9.20. The van der Waals surface area contributed by atoms with E-state index in [1.54, 1.807) is 11.8 Å². The van der Waals surface area contributed by atoms with Crippen molar-refractivity contribution in [1.82, 2.24) is 0 Å². The van der Waals surface area contributed by atoms with Crippen LogP contribution in [0.4, 0.5) is 5.69 Å². The highest BCUT2D eigenvalue weighted by Crippen LogP contribution is 2.32. The van der Waals surface area contributed by atoms with Gasteiger partial charge in [0.05, 0.1) is 13.5 Å². The van der Waals surface area contributed by atoms with Crippen LogP contribution in [0.2, 0.25) is 0 Å². The van der Waals surface area contributed by atoms with Crippen molar-refractivity contribution in [1.29, 1.82) is 0 Å². The molecule has 0 saturated heterocycles. The standard InChI is InChI=1S/C11H14BrNO2S/c1-7(5-11(14)15-2)16-10-6-8(12)3-4-9(10)13/h3-4,6-7H,5,13H2,1-2H3. The van der Waals surface area contributed by atoms with E-state index in [1.807, 2.05) is 25.1 Å². The van der Waals surface area contributed by atoms with E-state index in [1.165, 1.54) is 7.11 Å². The maximum absolute atomic E-state index is 11.1. The molecule has 1 aromatic carbocycles. The van der Waals surface area contributed by atoms with Gasteiger partial charge in [-0.3, -0.25) is 4.79 Å². The van der Waals surface area contributed by atoms with Gasteiger partial charge in [0.2, 0.25) is 0 Å².